The van der Waals surface area contributed by atoms with Crippen molar-refractivity contribution in [2.75, 3.05) is 5.75 Å². The first-order chi connectivity index (χ1) is 13.0. The molecule has 9 nitrogen and oxygen atoms in total. The predicted octanol–water partition coefficient (Wildman–Crippen LogP) is 1.99. The summed E-state index contributed by atoms with van der Waals surface area (Å²) in [4.78, 5) is 23.7. The van der Waals surface area contributed by atoms with Crippen LogP contribution in [0.15, 0.2) is 46.2 Å². The van der Waals surface area contributed by atoms with Gasteiger partial charge in [-0.1, -0.05) is 30.0 Å². The molecule has 3 amide bonds. The molecule has 0 fully saturated rings. The Balaban J connectivity index is 1.55. The van der Waals surface area contributed by atoms with Gasteiger partial charge in [-0.2, -0.15) is 4.68 Å². The van der Waals surface area contributed by atoms with Crippen molar-refractivity contribution in [2.45, 2.75) is 25.5 Å². The number of amides is 3. The summed E-state index contributed by atoms with van der Waals surface area (Å²) in [6.45, 7) is 4.13. The zero-order chi connectivity index (χ0) is 19.2. The third-order valence-electron chi connectivity index (χ3n) is 3.68. The molecular weight excluding hydrogens is 368 g/mol. The highest BCUT2D eigenvalue weighted by atomic mass is 32.2. The largest absolute Gasteiger partial charge is 0.467 e. The zero-order valence-corrected chi connectivity index (χ0v) is 15.6. The van der Waals surface area contributed by atoms with E-state index < -0.39 is 11.9 Å². The van der Waals surface area contributed by atoms with E-state index in [0.717, 1.165) is 28.6 Å². The minimum atomic E-state index is -0.591. The maximum atomic E-state index is 12.0. The van der Waals surface area contributed by atoms with Gasteiger partial charge in [0.2, 0.25) is 11.1 Å². The maximum Gasteiger partial charge on any atom is 0.321 e. The molecule has 0 radical (unpaired) electrons. The Morgan fingerprint density at radius 1 is 1.19 bits per heavy atom. The van der Waals surface area contributed by atoms with Crippen molar-refractivity contribution in [1.82, 2.24) is 30.8 Å². The number of tetrazole rings is 1. The van der Waals surface area contributed by atoms with E-state index in [1.807, 2.05) is 32.0 Å². The summed E-state index contributed by atoms with van der Waals surface area (Å²) in [7, 11) is 0. The summed E-state index contributed by atoms with van der Waals surface area (Å²) in [6, 6.07) is 8.75. The number of imide groups is 1. The van der Waals surface area contributed by atoms with Crippen molar-refractivity contribution >= 4 is 23.7 Å². The number of carbonyl (C=O) groups excluding carboxylic acids is 2. The molecular formula is C17H18N6O3S. The van der Waals surface area contributed by atoms with E-state index >= 15 is 0 Å². The van der Waals surface area contributed by atoms with E-state index in [1.54, 1.807) is 16.8 Å². The highest BCUT2D eigenvalue weighted by molar-refractivity contribution is 7.99. The summed E-state index contributed by atoms with van der Waals surface area (Å²) in [6.07, 6.45) is 1.51. The summed E-state index contributed by atoms with van der Waals surface area (Å²) >= 11 is 1.15. The fraction of sp³-hybridized carbons (Fsp3) is 0.235. The first kappa shape index (κ1) is 18.6. The first-order valence-electron chi connectivity index (χ1n) is 8.12. The fourth-order valence-corrected chi connectivity index (χ4v) is 3.14. The smallest absolute Gasteiger partial charge is 0.321 e. The van der Waals surface area contributed by atoms with Crippen LogP contribution in [0.4, 0.5) is 4.79 Å². The molecule has 10 heteroatoms. The van der Waals surface area contributed by atoms with Crippen LogP contribution in [0, 0.1) is 13.8 Å². The molecule has 0 atom stereocenters. The van der Waals surface area contributed by atoms with Crippen LogP contribution in [0.3, 0.4) is 0 Å². The molecule has 140 valence electrons. The normalized spacial score (nSPS) is 10.6. The van der Waals surface area contributed by atoms with E-state index in [-0.39, 0.29) is 12.3 Å². The molecule has 0 saturated heterocycles. The van der Waals surface area contributed by atoms with Gasteiger partial charge in [0, 0.05) is 0 Å². The number of carbonyl (C=O) groups is 2. The van der Waals surface area contributed by atoms with Gasteiger partial charge >= 0.3 is 6.03 Å². The number of aryl methyl sites for hydroxylation is 2. The number of hydrogen-bond acceptors (Lipinski definition) is 7. The van der Waals surface area contributed by atoms with Gasteiger partial charge in [-0.15, -0.1) is 5.10 Å². The quantitative estimate of drug-likeness (QED) is 0.623. The molecule has 2 heterocycles. The minimum absolute atomic E-state index is 0.000522. The van der Waals surface area contributed by atoms with Crippen molar-refractivity contribution in [3.8, 4) is 5.69 Å². The highest BCUT2D eigenvalue weighted by Crippen LogP contribution is 2.23. The number of rotatable bonds is 6. The lowest BCUT2D eigenvalue weighted by Crippen LogP contribution is -2.39. The van der Waals surface area contributed by atoms with Crippen LogP contribution in [0.5, 0.6) is 0 Å². The number of hydrogen-bond donors (Lipinski definition) is 2. The molecule has 2 N–H and O–H groups in total. The van der Waals surface area contributed by atoms with Gasteiger partial charge in [0.25, 0.3) is 0 Å². The number of urea groups is 1. The highest BCUT2D eigenvalue weighted by Gasteiger charge is 2.15. The Bertz CT molecular complexity index is 918. The van der Waals surface area contributed by atoms with Gasteiger partial charge in [0.1, 0.15) is 5.76 Å². The Kier molecular flexibility index (Phi) is 5.87. The number of benzene rings is 1. The Morgan fingerprint density at radius 2 is 1.96 bits per heavy atom. The predicted molar refractivity (Wildman–Crippen MR) is 98.4 cm³/mol. The van der Waals surface area contributed by atoms with E-state index in [1.165, 1.54) is 6.26 Å². The molecule has 0 bridgehead atoms. The molecule has 3 rings (SSSR count). The van der Waals surface area contributed by atoms with Crippen LogP contribution in [0.1, 0.15) is 16.9 Å². The number of nitrogens with one attached hydrogen (secondary N) is 2. The van der Waals surface area contributed by atoms with Crippen molar-refractivity contribution in [2.24, 2.45) is 0 Å². The maximum absolute atomic E-state index is 12.0. The lowest BCUT2D eigenvalue weighted by molar-refractivity contribution is -0.117. The van der Waals surface area contributed by atoms with Crippen LogP contribution >= 0.6 is 11.8 Å². The summed E-state index contributed by atoms with van der Waals surface area (Å²) in [5.74, 6) is 0.146. The SMILES string of the molecule is Cc1cccc(C)c1-n1nnnc1SCC(=O)NC(=O)NCc1ccco1. The lowest BCUT2D eigenvalue weighted by atomic mass is 10.1. The lowest BCUT2D eigenvalue weighted by Gasteiger charge is -2.10. The molecule has 0 unspecified atom stereocenters. The number of para-hydroxylation sites is 1. The van der Waals surface area contributed by atoms with Gasteiger partial charge in [0.05, 0.1) is 24.2 Å². The van der Waals surface area contributed by atoms with E-state index in [9.17, 15) is 9.59 Å². The zero-order valence-electron chi connectivity index (χ0n) is 14.8. The third kappa shape index (κ3) is 4.73. The molecule has 2 aromatic heterocycles. The fourth-order valence-electron chi connectivity index (χ4n) is 2.47. The van der Waals surface area contributed by atoms with Gasteiger partial charge in [-0.05, 0) is 47.5 Å². The topological polar surface area (TPSA) is 115 Å². The summed E-state index contributed by atoms with van der Waals surface area (Å²) in [5.41, 5.74) is 2.92. The van der Waals surface area contributed by atoms with Crippen molar-refractivity contribution in [3.05, 3.63) is 53.5 Å². The van der Waals surface area contributed by atoms with Crippen molar-refractivity contribution in [3.63, 3.8) is 0 Å². The van der Waals surface area contributed by atoms with Gasteiger partial charge < -0.3 is 9.73 Å². The molecule has 3 aromatic rings. The Morgan fingerprint density at radius 3 is 2.67 bits per heavy atom. The summed E-state index contributed by atoms with van der Waals surface area (Å²) in [5, 5.41) is 17.0. The minimum Gasteiger partial charge on any atom is -0.467 e. The average molecular weight is 386 g/mol. The second kappa shape index (κ2) is 8.49. The van der Waals surface area contributed by atoms with Crippen LogP contribution in [-0.2, 0) is 11.3 Å². The van der Waals surface area contributed by atoms with Crippen molar-refractivity contribution in [1.29, 1.82) is 0 Å². The van der Waals surface area contributed by atoms with E-state index in [4.69, 9.17) is 4.42 Å². The molecule has 27 heavy (non-hydrogen) atoms. The molecule has 0 saturated carbocycles. The molecule has 0 aliphatic heterocycles. The second-order valence-corrected chi connectivity index (χ2v) is 6.66. The standard InChI is InChI=1S/C17H18N6O3S/c1-11-5-3-6-12(2)15(11)23-17(20-21-22-23)27-10-14(24)19-16(25)18-9-13-7-4-8-26-13/h3-8H,9-10H2,1-2H3,(H2,18,19,24,25). The molecule has 1 aromatic carbocycles. The summed E-state index contributed by atoms with van der Waals surface area (Å²) < 4.78 is 6.70. The molecule has 0 spiro atoms. The Labute approximate surface area is 159 Å². The van der Waals surface area contributed by atoms with E-state index in [2.05, 4.69) is 26.2 Å². The van der Waals surface area contributed by atoms with Crippen LogP contribution < -0.4 is 10.6 Å². The van der Waals surface area contributed by atoms with Gasteiger partial charge in [-0.3, -0.25) is 10.1 Å². The second-order valence-electron chi connectivity index (χ2n) is 5.71. The number of aromatic nitrogens is 4. The first-order valence-corrected chi connectivity index (χ1v) is 9.11. The monoisotopic (exact) mass is 386 g/mol. The number of nitrogens with zero attached hydrogens (tertiary/aromatic N) is 4. The van der Waals surface area contributed by atoms with Crippen LogP contribution in [0.2, 0.25) is 0 Å². The number of thioether (sulfide) groups is 1. The Hall–Kier alpha value is -3.14. The van der Waals surface area contributed by atoms with Crippen LogP contribution in [-0.4, -0.2) is 37.9 Å². The molecule has 0 aliphatic rings. The average Bonchev–Trinajstić information content (AvgIpc) is 3.30. The molecule has 0 aliphatic carbocycles. The van der Waals surface area contributed by atoms with E-state index in [0.29, 0.717) is 10.9 Å². The van der Waals surface area contributed by atoms with Crippen LogP contribution in [0.25, 0.3) is 5.69 Å². The van der Waals surface area contributed by atoms with Gasteiger partial charge in [-0.25, -0.2) is 4.79 Å². The third-order valence-corrected chi connectivity index (χ3v) is 4.60. The van der Waals surface area contributed by atoms with Crippen molar-refractivity contribution < 1.29 is 14.0 Å². The van der Waals surface area contributed by atoms with Gasteiger partial charge in [0.15, 0.2) is 0 Å². The number of furan rings is 1.